The van der Waals surface area contributed by atoms with Crippen LogP contribution in [0.4, 0.5) is 0 Å². The van der Waals surface area contributed by atoms with Crippen molar-refractivity contribution in [3.8, 4) is 0 Å². The summed E-state index contributed by atoms with van der Waals surface area (Å²) >= 11 is 0. The molecule has 1 aliphatic rings. The first-order chi connectivity index (χ1) is 4.30. The van der Waals surface area contributed by atoms with E-state index in [9.17, 15) is 0 Å². The number of nitrogens with zero attached hydrogens (tertiary/aromatic N) is 1. The van der Waals surface area contributed by atoms with E-state index in [4.69, 9.17) is 0 Å². The van der Waals surface area contributed by atoms with Gasteiger partial charge in [0.25, 0.3) is 0 Å². The van der Waals surface area contributed by atoms with Gasteiger partial charge in [0.1, 0.15) is 0 Å². The van der Waals surface area contributed by atoms with Gasteiger partial charge in [0.2, 0.25) is 0 Å². The minimum Gasteiger partial charge on any atom is -0.389 e. The average molecular weight is 124 g/mol. The summed E-state index contributed by atoms with van der Waals surface area (Å²) in [5, 5.41) is 3.13. The first-order valence-electron chi connectivity index (χ1n) is 3.23. The molecule has 9 heavy (non-hydrogen) atoms. The maximum absolute atomic E-state index is 4.18. The molecule has 0 saturated heterocycles. The zero-order valence-electron chi connectivity index (χ0n) is 5.89. The van der Waals surface area contributed by atoms with Crippen LogP contribution < -0.4 is 5.32 Å². The van der Waals surface area contributed by atoms with Gasteiger partial charge in [-0.25, -0.2) is 0 Å². The van der Waals surface area contributed by atoms with E-state index in [1.807, 2.05) is 6.20 Å². The van der Waals surface area contributed by atoms with Crippen LogP contribution >= 0.6 is 0 Å². The lowest BCUT2D eigenvalue weighted by Gasteiger charge is -2.06. The first kappa shape index (κ1) is 6.33. The highest BCUT2D eigenvalue weighted by atomic mass is 14.9. The van der Waals surface area contributed by atoms with Crippen molar-refractivity contribution >= 4 is 5.71 Å². The Labute approximate surface area is 55.7 Å². The number of hydrogen-bond donors (Lipinski definition) is 1. The Bertz CT molecular complexity index is 147. The maximum Gasteiger partial charge on any atom is 0.0424 e. The Kier molecular flexibility index (Phi) is 1.88. The van der Waals surface area contributed by atoms with Crippen LogP contribution in [0.3, 0.4) is 0 Å². The van der Waals surface area contributed by atoms with E-state index in [2.05, 4.69) is 24.2 Å². The molecule has 1 aliphatic heterocycles. The Balaban J connectivity index is 2.63. The van der Waals surface area contributed by atoms with E-state index >= 15 is 0 Å². The standard InChI is InChI=1S/C7H12N2/c1-6-5-8-3-4-9-7(6)2/h3-4,6,8H,5H2,1-2H3. The molecule has 2 nitrogen and oxygen atoms in total. The summed E-state index contributed by atoms with van der Waals surface area (Å²) in [4.78, 5) is 4.18. The minimum atomic E-state index is 0.569. The SMILES string of the molecule is CC1=NC=CNCC1C. The molecular weight excluding hydrogens is 112 g/mol. The van der Waals surface area contributed by atoms with Crippen LogP contribution in [-0.2, 0) is 0 Å². The van der Waals surface area contributed by atoms with Crippen LogP contribution in [0.1, 0.15) is 13.8 Å². The second kappa shape index (κ2) is 2.67. The van der Waals surface area contributed by atoms with Gasteiger partial charge < -0.3 is 5.32 Å². The number of rotatable bonds is 0. The van der Waals surface area contributed by atoms with E-state index in [0.717, 1.165) is 6.54 Å². The van der Waals surface area contributed by atoms with Crippen molar-refractivity contribution in [2.24, 2.45) is 10.9 Å². The number of nitrogens with one attached hydrogen (secondary N) is 1. The molecule has 0 saturated carbocycles. The van der Waals surface area contributed by atoms with E-state index in [-0.39, 0.29) is 0 Å². The van der Waals surface area contributed by atoms with Crippen LogP contribution in [-0.4, -0.2) is 12.3 Å². The fraction of sp³-hybridized carbons (Fsp3) is 0.571. The smallest absolute Gasteiger partial charge is 0.0424 e. The molecule has 0 bridgehead atoms. The van der Waals surface area contributed by atoms with Crippen molar-refractivity contribution in [1.82, 2.24) is 5.32 Å². The molecule has 50 valence electrons. The molecule has 1 heterocycles. The van der Waals surface area contributed by atoms with Crippen LogP contribution in [0.5, 0.6) is 0 Å². The topological polar surface area (TPSA) is 24.4 Å². The average Bonchev–Trinajstić information content (AvgIpc) is 1.99. The molecule has 0 aliphatic carbocycles. The molecule has 2 heteroatoms. The Morgan fingerprint density at radius 2 is 2.56 bits per heavy atom. The van der Waals surface area contributed by atoms with Gasteiger partial charge in [-0.3, -0.25) is 4.99 Å². The molecule has 0 aromatic rings. The van der Waals surface area contributed by atoms with E-state index in [1.165, 1.54) is 5.71 Å². The van der Waals surface area contributed by atoms with Crippen LogP contribution in [0.25, 0.3) is 0 Å². The summed E-state index contributed by atoms with van der Waals surface area (Å²) < 4.78 is 0. The van der Waals surface area contributed by atoms with Gasteiger partial charge in [-0.15, -0.1) is 0 Å². The molecular formula is C7H12N2. The zero-order valence-corrected chi connectivity index (χ0v) is 5.89. The molecule has 1 unspecified atom stereocenters. The first-order valence-corrected chi connectivity index (χ1v) is 3.23. The molecule has 0 spiro atoms. The summed E-state index contributed by atoms with van der Waals surface area (Å²) in [7, 11) is 0. The normalized spacial score (nSPS) is 26.4. The largest absolute Gasteiger partial charge is 0.389 e. The summed E-state index contributed by atoms with van der Waals surface area (Å²) in [5.74, 6) is 0.569. The van der Waals surface area contributed by atoms with Gasteiger partial charge >= 0.3 is 0 Å². The summed E-state index contributed by atoms with van der Waals surface area (Å²) in [5.41, 5.74) is 1.20. The molecule has 0 amide bonds. The van der Waals surface area contributed by atoms with Crippen molar-refractivity contribution in [2.75, 3.05) is 6.54 Å². The highest BCUT2D eigenvalue weighted by molar-refractivity contribution is 5.84. The lowest BCUT2D eigenvalue weighted by atomic mass is 10.1. The monoisotopic (exact) mass is 124 g/mol. The lowest BCUT2D eigenvalue weighted by Crippen LogP contribution is -2.19. The third-order valence-electron chi connectivity index (χ3n) is 1.61. The van der Waals surface area contributed by atoms with Crippen molar-refractivity contribution in [2.45, 2.75) is 13.8 Å². The van der Waals surface area contributed by atoms with E-state index in [0.29, 0.717) is 5.92 Å². The maximum atomic E-state index is 4.18. The predicted molar refractivity (Wildman–Crippen MR) is 39.4 cm³/mol. The fourth-order valence-corrected chi connectivity index (χ4v) is 0.727. The Hall–Kier alpha value is -0.790. The third kappa shape index (κ3) is 1.56. The Morgan fingerprint density at radius 3 is 3.33 bits per heavy atom. The van der Waals surface area contributed by atoms with E-state index in [1.54, 1.807) is 6.20 Å². The van der Waals surface area contributed by atoms with Gasteiger partial charge in [0, 0.05) is 30.6 Å². The quantitative estimate of drug-likeness (QED) is 0.515. The minimum absolute atomic E-state index is 0.569. The number of hydrogen-bond acceptors (Lipinski definition) is 2. The van der Waals surface area contributed by atoms with Gasteiger partial charge in [0.05, 0.1) is 0 Å². The van der Waals surface area contributed by atoms with Crippen LogP contribution in [0.2, 0.25) is 0 Å². The predicted octanol–water partition coefficient (Wildman–Crippen LogP) is 1.16. The van der Waals surface area contributed by atoms with Crippen molar-refractivity contribution in [3.05, 3.63) is 12.4 Å². The fourth-order valence-electron chi connectivity index (χ4n) is 0.727. The second-order valence-electron chi connectivity index (χ2n) is 2.40. The molecule has 1 N–H and O–H groups in total. The molecule has 0 radical (unpaired) electrons. The summed E-state index contributed by atoms with van der Waals surface area (Å²) in [6.07, 6.45) is 3.69. The highest BCUT2D eigenvalue weighted by Crippen LogP contribution is 1.99. The highest BCUT2D eigenvalue weighted by Gasteiger charge is 2.04. The third-order valence-corrected chi connectivity index (χ3v) is 1.61. The molecule has 0 fully saturated rings. The van der Waals surface area contributed by atoms with Gasteiger partial charge in [-0.2, -0.15) is 0 Å². The second-order valence-corrected chi connectivity index (χ2v) is 2.40. The van der Waals surface area contributed by atoms with Crippen LogP contribution in [0.15, 0.2) is 17.4 Å². The molecule has 0 aromatic heterocycles. The van der Waals surface area contributed by atoms with Crippen LogP contribution in [0, 0.1) is 5.92 Å². The van der Waals surface area contributed by atoms with Gasteiger partial charge in [0.15, 0.2) is 0 Å². The lowest BCUT2D eigenvalue weighted by molar-refractivity contribution is 0.709. The summed E-state index contributed by atoms with van der Waals surface area (Å²) in [6, 6.07) is 0. The van der Waals surface area contributed by atoms with Crippen molar-refractivity contribution in [1.29, 1.82) is 0 Å². The van der Waals surface area contributed by atoms with Gasteiger partial charge in [-0.05, 0) is 6.92 Å². The van der Waals surface area contributed by atoms with Crippen molar-refractivity contribution < 1.29 is 0 Å². The van der Waals surface area contributed by atoms with Crippen molar-refractivity contribution in [3.63, 3.8) is 0 Å². The Morgan fingerprint density at radius 1 is 1.78 bits per heavy atom. The van der Waals surface area contributed by atoms with E-state index < -0.39 is 0 Å². The molecule has 1 rings (SSSR count). The number of aliphatic imine (C=N–C) groups is 1. The molecule has 0 aromatic carbocycles. The molecule has 1 atom stereocenters. The van der Waals surface area contributed by atoms with Gasteiger partial charge in [-0.1, -0.05) is 6.92 Å². The summed E-state index contributed by atoms with van der Waals surface area (Å²) in [6.45, 7) is 5.23. The zero-order chi connectivity index (χ0) is 6.69.